The summed E-state index contributed by atoms with van der Waals surface area (Å²) in [7, 11) is 0. The number of nitrogens with one attached hydrogen (secondary N) is 1. The van der Waals surface area contributed by atoms with E-state index >= 15 is 0 Å². The minimum Gasteiger partial charge on any atom is -0.312 e. The molecule has 0 aromatic heterocycles. The Labute approximate surface area is 82.1 Å². The number of hydrogen-bond donors (Lipinski definition) is 1. The van der Waals surface area contributed by atoms with Crippen molar-refractivity contribution in [2.45, 2.75) is 12.8 Å². The molecule has 3 heteroatoms. The first-order chi connectivity index (χ1) is 5.27. The summed E-state index contributed by atoms with van der Waals surface area (Å²) >= 11 is 5.21. The van der Waals surface area contributed by atoms with Crippen LogP contribution in [0, 0.1) is 0 Å². The van der Waals surface area contributed by atoms with Crippen molar-refractivity contribution >= 4 is 27.7 Å². The van der Waals surface area contributed by atoms with Gasteiger partial charge in [0.2, 0.25) is 0 Å². The smallest absolute Gasteiger partial charge is 0.0265 e. The largest absolute Gasteiger partial charge is 0.312 e. The zero-order valence-corrected chi connectivity index (χ0v) is 9.43. The van der Waals surface area contributed by atoms with Crippen LogP contribution in [0.1, 0.15) is 12.8 Å². The highest BCUT2D eigenvalue weighted by atomic mass is 79.9. The van der Waals surface area contributed by atoms with Gasteiger partial charge in [-0.05, 0) is 31.4 Å². The molecular weight excluding hydrogens is 222 g/mol. The molecule has 1 N–H and O–H groups in total. The van der Waals surface area contributed by atoms with Crippen molar-refractivity contribution in [1.82, 2.24) is 5.32 Å². The molecule has 0 aromatic rings. The second kappa shape index (κ2) is 8.62. The number of hydrogen-bond acceptors (Lipinski definition) is 2. The molecule has 0 aliphatic heterocycles. The number of rotatable bonds is 7. The lowest BCUT2D eigenvalue weighted by atomic mass is 10.3. The molecule has 0 spiro atoms. The molecule has 0 bridgehead atoms. The van der Waals surface area contributed by atoms with Crippen LogP contribution in [0.4, 0.5) is 0 Å². The first-order valence-electron chi connectivity index (χ1n) is 3.80. The average Bonchev–Trinajstić information content (AvgIpc) is 1.96. The average molecular weight is 238 g/mol. The quantitative estimate of drug-likeness (QED) is 0.684. The fraction of sp³-hybridized carbons (Fsp3) is 0.750. The monoisotopic (exact) mass is 237 g/mol. The van der Waals surface area contributed by atoms with Crippen LogP contribution in [0.5, 0.6) is 0 Å². The Balaban J connectivity index is 2.85. The van der Waals surface area contributed by atoms with E-state index < -0.39 is 0 Å². The SMILES string of the molecule is C=C(Br)CNCCCCSC. The molecule has 11 heavy (non-hydrogen) atoms. The minimum absolute atomic E-state index is 0.888. The third-order valence-electron chi connectivity index (χ3n) is 1.27. The lowest BCUT2D eigenvalue weighted by Crippen LogP contribution is -2.16. The predicted octanol–water partition coefficient (Wildman–Crippen LogP) is 2.63. The molecule has 0 unspecified atom stereocenters. The Morgan fingerprint density at radius 2 is 2.27 bits per heavy atom. The molecule has 0 amide bonds. The van der Waals surface area contributed by atoms with Crippen LogP contribution in [-0.2, 0) is 0 Å². The van der Waals surface area contributed by atoms with E-state index in [1.165, 1.54) is 18.6 Å². The minimum atomic E-state index is 0.888. The molecule has 0 aliphatic carbocycles. The first-order valence-corrected chi connectivity index (χ1v) is 5.99. The first kappa shape index (κ1) is 11.5. The molecule has 0 saturated carbocycles. The number of thioether (sulfide) groups is 1. The summed E-state index contributed by atoms with van der Waals surface area (Å²) in [5, 5.41) is 3.29. The van der Waals surface area contributed by atoms with Crippen molar-refractivity contribution in [2.24, 2.45) is 0 Å². The van der Waals surface area contributed by atoms with E-state index in [0.717, 1.165) is 17.6 Å². The second-order valence-corrected chi connectivity index (χ2v) is 4.50. The van der Waals surface area contributed by atoms with Gasteiger partial charge in [-0.3, -0.25) is 0 Å². The van der Waals surface area contributed by atoms with Crippen molar-refractivity contribution < 1.29 is 0 Å². The molecular formula is C8H16BrNS. The highest BCUT2D eigenvalue weighted by Crippen LogP contribution is 1.99. The Hall–Kier alpha value is 0.530. The van der Waals surface area contributed by atoms with Gasteiger partial charge < -0.3 is 5.32 Å². The zero-order valence-electron chi connectivity index (χ0n) is 7.03. The molecule has 0 rings (SSSR count). The molecule has 0 fully saturated rings. The van der Waals surface area contributed by atoms with Gasteiger partial charge in [-0.1, -0.05) is 22.5 Å². The van der Waals surface area contributed by atoms with Crippen LogP contribution >= 0.6 is 27.7 Å². The third kappa shape index (κ3) is 10.5. The summed E-state index contributed by atoms with van der Waals surface area (Å²) in [5.74, 6) is 1.27. The fourth-order valence-electron chi connectivity index (χ4n) is 0.720. The maximum Gasteiger partial charge on any atom is 0.0265 e. The summed E-state index contributed by atoms with van der Waals surface area (Å²) in [6.45, 7) is 5.73. The van der Waals surface area contributed by atoms with E-state index in [1.807, 2.05) is 11.8 Å². The molecule has 0 aromatic carbocycles. The number of unbranched alkanes of at least 4 members (excludes halogenated alkanes) is 1. The van der Waals surface area contributed by atoms with Gasteiger partial charge in [0.15, 0.2) is 0 Å². The summed E-state index contributed by atoms with van der Waals surface area (Å²) in [4.78, 5) is 0. The highest BCUT2D eigenvalue weighted by Gasteiger charge is 1.88. The van der Waals surface area contributed by atoms with Gasteiger partial charge >= 0.3 is 0 Å². The molecule has 0 heterocycles. The lowest BCUT2D eigenvalue weighted by molar-refractivity contribution is 0.683. The van der Waals surface area contributed by atoms with E-state index in [-0.39, 0.29) is 0 Å². The Bertz CT molecular complexity index is 106. The van der Waals surface area contributed by atoms with E-state index in [1.54, 1.807) is 0 Å². The normalized spacial score (nSPS) is 10.0. The van der Waals surface area contributed by atoms with Crippen LogP contribution in [0.15, 0.2) is 11.1 Å². The van der Waals surface area contributed by atoms with Gasteiger partial charge in [-0.15, -0.1) is 0 Å². The van der Waals surface area contributed by atoms with Crippen LogP contribution in [-0.4, -0.2) is 25.1 Å². The van der Waals surface area contributed by atoms with Gasteiger partial charge in [0, 0.05) is 11.0 Å². The van der Waals surface area contributed by atoms with Crippen molar-refractivity contribution in [1.29, 1.82) is 0 Å². The number of halogens is 1. The lowest BCUT2D eigenvalue weighted by Gasteiger charge is -2.01. The predicted molar refractivity (Wildman–Crippen MR) is 58.6 cm³/mol. The summed E-state index contributed by atoms with van der Waals surface area (Å²) in [6.07, 6.45) is 4.72. The van der Waals surface area contributed by atoms with Gasteiger partial charge in [0.1, 0.15) is 0 Å². The summed E-state index contributed by atoms with van der Waals surface area (Å²) in [6, 6.07) is 0. The maximum atomic E-state index is 3.74. The van der Waals surface area contributed by atoms with Crippen LogP contribution in [0.25, 0.3) is 0 Å². The van der Waals surface area contributed by atoms with Crippen molar-refractivity contribution in [3.63, 3.8) is 0 Å². The van der Waals surface area contributed by atoms with Gasteiger partial charge in [-0.25, -0.2) is 0 Å². The Morgan fingerprint density at radius 3 is 2.82 bits per heavy atom. The summed E-state index contributed by atoms with van der Waals surface area (Å²) in [5.41, 5.74) is 0. The van der Waals surface area contributed by atoms with Gasteiger partial charge in [0.25, 0.3) is 0 Å². The van der Waals surface area contributed by atoms with E-state index in [9.17, 15) is 0 Å². The van der Waals surface area contributed by atoms with Crippen molar-refractivity contribution in [3.8, 4) is 0 Å². The van der Waals surface area contributed by atoms with Crippen LogP contribution in [0.2, 0.25) is 0 Å². The van der Waals surface area contributed by atoms with E-state index in [4.69, 9.17) is 0 Å². The standard InChI is InChI=1S/C8H16BrNS/c1-8(9)7-10-5-3-4-6-11-2/h10H,1,3-7H2,2H3. The zero-order chi connectivity index (χ0) is 8.53. The molecule has 0 atom stereocenters. The maximum absolute atomic E-state index is 3.74. The topological polar surface area (TPSA) is 12.0 Å². The Kier molecular flexibility index (Phi) is 9.04. The van der Waals surface area contributed by atoms with E-state index in [2.05, 4.69) is 34.1 Å². The molecule has 0 aliphatic rings. The highest BCUT2D eigenvalue weighted by molar-refractivity contribution is 9.11. The van der Waals surface area contributed by atoms with E-state index in [0.29, 0.717) is 0 Å². The molecule has 66 valence electrons. The Morgan fingerprint density at radius 1 is 1.55 bits per heavy atom. The fourth-order valence-corrected chi connectivity index (χ4v) is 1.41. The molecule has 0 radical (unpaired) electrons. The second-order valence-electron chi connectivity index (χ2n) is 2.39. The summed E-state index contributed by atoms with van der Waals surface area (Å²) < 4.78 is 1.03. The third-order valence-corrected chi connectivity index (χ3v) is 2.25. The van der Waals surface area contributed by atoms with Crippen LogP contribution < -0.4 is 5.32 Å². The van der Waals surface area contributed by atoms with Gasteiger partial charge in [-0.2, -0.15) is 11.8 Å². The van der Waals surface area contributed by atoms with Gasteiger partial charge in [0.05, 0.1) is 0 Å². The van der Waals surface area contributed by atoms with Crippen molar-refractivity contribution in [2.75, 3.05) is 25.1 Å². The van der Waals surface area contributed by atoms with Crippen LogP contribution in [0.3, 0.4) is 0 Å². The molecule has 0 saturated heterocycles. The van der Waals surface area contributed by atoms with Crippen molar-refractivity contribution in [3.05, 3.63) is 11.1 Å². The molecule has 1 nitrogen and oxygen atoms in total.